The lowest BCUT2D eigenvalue weighted by Gasteiger charge is -2.06. The summed E-state index contributed by atoms with van der Waals surface area (Å²) in [6.45, 7) is 2.18. The summed E-state index contributed by atoms with van der Waals surface area (Å²) in [5.74, 6) is 0. The summed E-state index contributed by atoms with van der Waals surface area (Å²) in [4.78, 5) is 0. The molecule has 0 aliphatic heterocycles. The molecule has 0 atom stereocenters. The molecule has 0 amide bonds. The summed E-state index contributed by atoms with van der Waals surface area (Å²) in [7, 11) is 2.11. The standard InChI is InChI=1S/C17H15N2/c1-12-6-5-8-14-13-7-3-4-9-15(13)19-11-10-18(2)17(19)16(12)14/h3-11H,1-2H3/q+1. The maximum absolute atomic E-state index is 2.28. The van der Waals surface area contributed by atoms with Crippen LogP contribution in [0.15, 0.2) is 54.9 Å². The Bertz CT molecular complexity index is 932. The molecule has 0 bridgehead atoms. The van der Waals surface area contributed by atoms with Crippen molar-refractivity contribution >= 4 is 27.3 Å². The van der Waals surface area contributed by atoms with Crippen molar-refractivity contribution in [2.45, 2.75) is 6.92 Å². The Morgan fingerprint density at radius 3 is 2.63 bits per heavy atom. The Morgan fingerprint density at radius 2 is 1.74 bits per heavy atom. The van der Waals surface area contributed by atoms with Gasteiger partial charge in [0.05, 0.1) is 12.4 Å². The summed E-state index contributed by atoms with van der Waals surface area (Å²) >= 11 is 0. The highest BCUT2D eigenvalue weighted by atomic mass is 15.1. The van der Waals surface area contributed by atoms with E-state index in [0.29, 0.717) is 0 Å². The summed E-state index contributed by atoms with van der Waals surface area (Å²) in [5, 5.41) is 3.98. The minimum atomic E-state index is 1.26. The second kappa shape index (κ2) is 3.58. The first-order valence-corrected chi connectivity index (χ1v) is 6.54. The first kappa shape index (κ1) is 10.6. The summed E-state index contributed by atoms with van der Waals surface area (Å²) in [6, 6.07) is 15.1. The molecule has 2 aromatic carbocycles. The largest absolute Gasteiger partial charge is 0.294 e. The minimum absolute atomic E-state index is 1.26. The van der Waals surface area contributed by atoms with Crippen molar-refractivity contribution in [2.24, 2.45) is 7.05 Å². The Balaban J connectivity index is 2.49. The van der Waals surface area contributed by atoms with E-state index in [1.54, 1.807) is 0 Å². The molecule has 2 aromatic heterocycles. The third-order valence-electron chi connectivity index (χ3n) is 3.95. The van der Waals surface area contributed by atoms with Crippen LogP contribution in [0.3, 0.4) is 0 Å². The highest BCUT2D eigenvalue weighted by Crippen LogP contribution is 2.29. The van der Waals surface area contributed by atoms with Crippen LogP contribution in [-0.2, 0) is 7.05 Å². The number of hydrogen-bond acceptors (Lipinski definition) is 0. The molecule has 4 aromatic rings. The van der Waals surface area contributed by atoms with Gasteiger partial charge in [-0.1, -0.05) is 36.4 Å². The zero-order valence-electron chi connectivity index (χ0n) is 11.1. The van der Waals surface area contributed by atoms with Gasteiger partial charge in [-0.25, -0.2) is 4.57 Å². The van der Waals surface area contributed by atoms with Gasteiger partial charge < -0.3 is 0 Å². The molecule has 0 unspecified atom stereocenters. The van der Waals surface area contributed by atoms with Gasteiger partial charge in [-0.05, 0) is 18.6 Å². The van der Waals surface area contributed by atoms with E-state index >= 15 is 0 Å². The first-order chi connectivity index (χ1) is 9.27. The normalized spacial score (nSPS) is 11.7. The van der Waals surface area contributed by atoms with Crippen molar-refractivity contribution in [2.75, 3.05) is 0 Å². The van der Waals surface area contributed by atoms with E-state index in [-0.39, 0.29) is 0 Å². The first-order valence-electron chi connectivity index (χ1n) is 6.54. The molecule has 0 saturated heterocycles. The summed E-state index contributed by atoms with van der Waals surface area (Å²) < 4.78 is 4.48. The number of aryl methyl sites for hydroxylation is 2. The van der Waals surface area contributed by atoms with Gasteiger partial charge in [0, 0.05) is 10.8 Å². The van der Waals surface area contributed by atoms with E-state index in [1.807, 2.05) is 0 Å². The number of nitrogens with zero attached hydrogens (tertiary/aromatic N) is 2. The highest BCUT2D eigenvalue weighted by Gasteiger charge is 2.17. The molecule has 2 nitrogen and oxygen atoms in total. The maximum Gasteiger partial charge on any atom is 0.294 e. The molecule has 2 heterocycles. The smallest absolute Gasteiger partial charge is 0.232 e. The summed E-state index contributed by atoms with van der Waals surface area (Å²) in [5.41, 5.74) is 3.84. The SMILES string of the molecule is Cc1cccc2c3ccccc3n3cc[n+](C)c3c12. The van der Waals surface area contributed by atoms with Crippen LogP contribution in [0.4, 0.5) is 0 Å². The maximum atomic E-state index is 2.28. The van der Waals surface area contributed by atoms with Crippen LogP contribution in [0.1, 0.15) is 5.56 Å². The molecular formula is C17H15N2+. The number of imidazole rings is 1. The zero-order valence-corrected chi connectivity index (χ0v) is 11.1. The Hall–Kier alpha value is -2.35. The van der Waals surface area contributed by atoms with Gasteiger partial charge in [0.1, 0.15) is 17.9 Å². The predicted molar refractivity (Wildman–Crippen MR) is 78.3 cm³/mol. The molecule has 0 N–H and O–H groups in total. The molecule has 92 valence electrons. The molecule has 4 rings (SSSR count). The Kier molecular flexibility index (Phi) is 1.99. The van der Waals surface area contributed by atoms with E-state index < -0.39 is 0 Å². The van der Waals surface area contributed by atoms with Gasteiger partial charge in [0.2, 0.25) is 0 Å². The van der Waals surface area contributed by atoms with Crippen LogP contribution >= 0.6 is 0 Å². The molecular weight excluding hydrogens is 232 g/mol. The lowest BCUT2D eigenvalue weighted by atomic mass is 10.0. The average molecular weight is 247 g/mol. The third kappa shape index (κ3) is 1.28. The Morgan fingerprint density at radius 1 is 0.947 bits per heavy atom. The van der Waals surface area contributed by atoms with Crippen LogP contribution in [0.2, 0.25) is 0 Å². The van der Waals surface area contributed by atoms with Gasteiger partial charge in [-0.2, -0.15) is 4.40 Å². The van der Waals surface area contributed by atoms with Crippen LogP contribution < -0.4 is 4.57 Å². The fourth-order valence-electron chi connectivity index (χ4n) is 3.07. The zero-order chi connectivity index (χ0) is 13.0. The van der Waals surface area contributed by atoms with E-state index in [4.69, 9.17) is 0 Å². The van der Waals surface area contributed by atoms with Gasteiger partial charge >= 0.3 is 0 Å². The quantitative estimate of drug-likeness (QED) is 0.332. The topological polar surface area (TPSA) is 8.29 Å². The van der Waals surface area contributed by atoms with Crippen LogP contribution in [0, 0.1) is 6.92 Å². The number of pyridine rings is 1. The van der Waals surface area contributed by atoms with E-state index in [9.17, 15) is 0 Å². The van der Waals surface area contributed by atoms with Gasteiger partial charge in [-0.3, -0.25) is 0 Å². The average Bonchev–Trinajstić information content (AvgIpc) is 2.82. The summed E-state index contributed by atoms with van der Waals surface area (Å²) in [6.07, 6.45) is 4.26. The van der Waals surface area contributed by atoms with Gasteiger partial charge in [0.25, 0.3) is 5.65 Å². The van der Waals surface area contributed by atoms with Gasteiger partial charge in [-0.15, -0.1) is 0 Å². The lowest BCUT2D eigenvalue weighted by Crippen LogP contribution is -2.26. The lowest BCUT2D eigenvalue weighted by molar-refractivity contribution is -0.643. The Labute approximate surface area is 111 Å². The second-order valence-electron chi connectivity index (χ2n) is 5.12. The second-order valence-corrected chi connectivity index (χ2v) is 5.12. The number of rotatable bonds is 0. The van der Waals surface area contributed by atoms with Crippen molar-refractivity contribution in [3.63, 3.8) is 0 Å². The van der Waals surface area contributed by atoms with Gasteiger partial charge in [0.15, 0.2) is 0 Å². The molecule has 0 spiro atoms. The number of hydrogen-bond donors (Lipinski definition) is 0. The third-order valence-corrected chi connectivity index (χ3v) is 3.95. The van der Waals surface area contributed by atoms with Crippen LogP contribution in [-0.4, -0.2) is 4.40 Å². The minimum Gasteiger partial charge on any atom is -0.232 e. The molecule has 0 fully saturated rings. The number of aromatic nitrogens is 2. The van der Waals surface area contributed by atoms with Crippen molar-refractivity contribution in [3.05, 3.63) is 60.4 Å². The van der Waals surface area contributed by atoms with Crippen LogP contribution in [0.5, 0.6) is 0 Å². The van der Waals surface area contributed by atoms with E-state index in [2.05, 4.69) is 77.8 Å². The fourth-order valence-corrected chi connectivity index (χ4v) is 3.07. The molecule has 0 saturated carbocycles. The monoisotopic (exact) mass is 247 g/mol. The fraction of sp³-hybridized carbons (Fsp3) is 0.118. The molecule has 19 heavy (non-hydrogen) atoms. The van der Waals surface area contributed by atoms with Crippen LogP contribution in [0.25, 0.3) is 27.3 Å². The van der Waals surface area contributed by atoms with E-state index in [0.717, 1.165) is 0 Å². The molecule has 2 heteroatoms. The van der Waals surface area contributed by atoms with Crippen molar-refractivity contribution in [1.82, 2.24) is 4.40 Å². The van der Waals surface area contributed by atoms with Crippen molar-refractivity contribution in [1.29, 1.82) is 0 Å². The molecule has 0 aliphatic rings. The van der Waals surface area contributed by atoms with Crippen molar-refractivity contribution < 1.29 is 4.57 Å². The number of fused-ring (bicyclic) bond motifs is 6. The van der Waals surface area contributed by atoms with Crippen molar-refractivity contribution in [3.8, 4) is 0 Å². The number of para-hydroxylation sites is 1. The number of benzene rings is 2. The highest BCUT2D eigenvalue weighted by molar-refractivity contribution is 6.12. The predicted octanol–water partition coefficient (Wildman–Crippen LogP) is 3.38. The van der Waals surface area contributed by atoms with E-state index in [1.165, 1.54) is 32.9 Å². The molecule has 0 aliphatic carbocycles. The molecule has 0 radical (unpaired) electrons.